The van der Waals surface area contributed by atoms with Gasteiger partial charge in [-0.15, -0.1) is 11.3 Å². The van der Waals surface area contributed by atoms with Gasteiger partial charge in [-0.3, -0.25) is 18.8 Å². The van der Waals surface area contributed by atoms with Gasteiger partial charge < -0.3 is 15.7 Å². The fraction of sp³-hybridized carbons (Fsp3) is 0.438. The van der Waals surface area contributed by atoms with E-state index in [2.05, 4.69) is 20.2 Å². The third-order valence-corrected chi connectivity index (χ3v) is 6.85. The Hall–Kier alpha value is -3.44. The lowest BCUT2D eigenvalue weighted by molar-refractivity contribution is -0.153. The van der Waals surface area contributed by atoms with E-state index in [0.29, 0.717) is 0 Å². The minimum Gasteiger partial charge on any atom is -0.478 e. The predicted octanol–water partition coefficient (Wildman–Crippen LogP) is -1.06. The SMILES string of the molecule is Nc1nc(/C(=N/OC2(C(=O)O)CC2)C(=O)CC2C(=O)N(S(=O)(=O)O)[C@@H]2Cn2cncn2)cs1. The summed E-state index contributed by atoms with van der Waals surface area (Å²) in [6.45, 7) is -0.155. The van der Waals surface area contributed by atoms with Crippen LogP contribution in [0.25, 0.3) is 0 Å². The van der Waals surface area contributed by atoms with Gasteiger partial charge in [0.2, 0.25) is 11.5 Å². The summed E-state index contributed by atoms with van der Waals surface area (Å²) in [6.07, 6.45) is 2.38. The molecular formula is C16H17N7O8S2. The van der Waals surface area contributed by atoms with Gasteiger partial charge in [-0.05, 0) is 0 Å². The monoisotopic (exact) mass is 499 g/mol. The molecular weight excluding hydrogens is 482 g/mol. The average Bonchev–Trinajstić information content (AvgIpc) is 3.12. The van der Waals surface area contributed by atoms with Gasteiger partial charge in [0.1, 0.15) is 18.3 Å². The number of thiazole rings is 1. The van der Waals surface area contributed by atoms with Crippen molar-refractivity contribution >= 4 is 50.1 Å². The van der Waals surface area contributed by atoms with Crippen molar-refractivity contribution in [1.82, 2.24) is 24.1 Å². The molecule has 2 atom stereocenters. The molecule has 0 aromatic carbocycles. The van der Waals surface area contributed by atoms with E-state index in [1.807, 2.05) is 0 Å². The number of Topliss-reactive ketones (excluding diaryl/α,β-unsaturated/α-hetero) is 1. The first-order chi connectivity index (χ1) is 15.5. The quantitative estimate of drug-likeness (QED) is 0.154. The zero-order chi connectivity index (χ0) is 24.0. The number of nitrogens with zero attached hydrogens (tertiary/aromatic N) is 6. The van der Waals surface area contributed by atoms with Crippen LogP contribution in [0.3, 0.4) is 0 Å². The first kappa shape index (κ1) is 22.7. The van der Waals surface area contributed by atoms with E-state index in [0.717, 1.165) is 11.3 Å². The van der Waals surface area contributed by atoms with E-state index in [-0.39, 0.29) is 40.2 Å². The van der Waals surface area contributed by atoms with Crippen LogP contribution >= 0.6 is 11.3 Å². The molecule has 2 aliphatic rings. The van der Waals surface area contributed by atoms with E-state index >= 15 is 0 Å². The Labute approximate surface area is 189 Å². The molecule has 2 aromatic rings. The van der Waals surface area contributed by atoms with Crippen molar-refractivity contribution in [3.63, 3.8) is 0 Å². The number of hydrogen-bond donors (Lipinski definition) is 3. The molecule has 3 heterocycles. The van der Waals surface area contributed by atoms with Gasteiger partial charge in [-0.25, -0.2) is 19.1 Å². The van der Waals surface area contributed by atoms with Gasteiger partial charge in [-0.2, -0.15) is 13.5 Å². The molecule has 1 saturated carbocycles. The predicted molar refractivity (Wildman–Crippen MR) is 109 cm³/mol. The van der Waals surface area contributed by atoms with Crippen LogP contribution in [-0.4, -0.2) is 77.1 Å². The lowest BCUT2D eigenvalue weighted by Crippen LogP contribution is -2.64. The van der Waals surface area contributed by atoms with Gasteiger partial charge in [0.15, 0.2) is 16.6 Å². The van der Waals surface area contributed by atoms with Crippen molar-refractivity contribution in [2.75, 3.05) is 5.73 Å². The number of hydrogen-bond acceptors (Lipinski definition) is 12. The molecule has 1 amide bonds. The molecule has 2 aromatic heterocycles. The van der Waals surface area contributed by atoms with Gasteiger partial charge in [0, 0.05) is 24.6 Å². The molecule has 1 aliphatic heterocycles. The fourth-order valence-electron chi connectivity index (χ4n) is 3.33. The highest BCUT2D eigenvalue weighted by Crippen LogP contribution is 2.40. The summed E-state index contributed by atoms with van der Waals surface area (Å²) in [5, 5.41) is 18.4. The highest BCUT2D eigenvalue weighted by Gasteiger charge is 2.56. The van der Waals surface area contributed by atoms with E-state index in [1.54, 1.807) is 0 Å². The van der Waals surface area contributed by atoms with Crippen LogP contribution < -0.4 is 5.73 Å². The minimum absolute atomic E-state index is 0.0231. The summed E-state index contributed by atoms with van der Waals surface area (Å²) in [7, 11) is -4.87. The van der Waals surface area contributed by atoms with Crippen molar-refractivity contribution in [2.24, 2.45) is 11.1 Å². The number of rotatable bonds is 10. The number of nitrogens with two attached hydrogens (primary N) is 1. The maximum atomic E-state index is 13.1. The number of aromatic nitrogens is 4. The van der Waals surface area contributed by atoms with Crippen molar-refractivity contribution in [1.29, 1.82) is 0 Å². The minimum atomic E-state index is -4.87. The summed E-state index contributed by atoms with van der Waals surface area (Å²) < 4.78 is 34.2. The maximum Gasteiger partial charge on any atom is 0.362 e. The van der Waals surface area contributed by atoms with Crippen LogP contribution in [0.15, 0.2) is 23.2 Å². The number of carboxylic acids is 1. The molecule has 1 unspecified atom stereocenters. The van der Waals surface area contributed by atoms with Gasteiger partial charge in [0.25, 0.3) is 0 Å². The molecule has 15 nitrogen and oxygen atoms in total. The van der Waals surface area contributed by atoms with Crippen molar-refractivity contribution in [3.05, 3.63) is 23.7 Å². The number of aliphatic carboxylic acids is 1. The number of carbonyl (C=O) groups is 3. The Bertz CT molecular complexity index is 1240. The number of carbonyl (C=O) groups excluding carboxylic acids is 2. The Balaban J connectivity index is 1.58. The zero-order valence-corrected chi connectivity index (χ0v) is 18.3. The normalized spacial score (nSPS) is 22.0. The molecule has 4 rings (SSSR count). The third kappa shape index (κ3) is 4.41. The van der Waals surface area contributed by atoms with Crippen LogP contribution in [0.2, 0.25) is 0 Å². The summed E-state index contributed by atoms with van der Waals surface area (Å²) in [5.41, 5.74) is 3.76. The van der Waals surface area contributed by atoms with Crippen LogP contribution in [0.5, 0.6) is 0 Å². The number of anilines is 1. The Morgan fingerprint density at radius 1 is 1.39 bits per heavy atom. The smallest absolute Gasteiger partial charge is 0.362 e. The molecule has 0 spiro atoms. The summed E-state index contributed by atoms with van der Waals surface area (Å²) >= 11 is 1.01. The Kier molecular flexibility index (Phi) is 5.62. The lowest BCUT2D eigenvalue weighted by Gasteiger charge is -2.43. The molecule has 1 saturated heterocycles. The van der Waals surface area contributed by atoms with Crippen LogP contribution in [-0.2, 0) is 36.1 Å². The first-order valence-electron chi connectivity index (χ1n) is 9.39. The molecule has 2 fully saturated rings. The number of oxime groups is 1. The Morgan fingerprint density at radius 3 is 2.64 bits per heavy atom. The number of amides is 1. The standard InChI is InChI=1S/C16H17N7O8S2/c17-15-20-9(5-32-15)12(21-31-16(1-2-16)14(26)27)11(24)3-8-10(4-22-7-18-6-19-22)23(13(8)25)33(28,29)30/h5-8,10H,1-4H2,(H2,17,20)(H,26,27)(H,28,29,30)/b21-12-/t8?,10-/m1/s1. The van der Waals surface area contributed by atoms with Crippen LogP contribution in [0.4, 0.5) is 5.13 Å². The van der Waals surface area contributed by atoms with Crippen molar-refractivity contribution in [2.45, 2.75) is 37.5 Å². The largest absolute Gasteiger partial charge is 0.478 e. The van der Waals surface area contributed by atoms with E-state index in [1.165, 1.54) is 22.7 Å². The lowest BCUT2D eigenvalue weighted by atomic mass is 9.84. The molecule has 0 bridgehead atoms. The second-order valence-corrected chi connectivity index (χ2v) is 9.61. The van der Waals surface area contributed by atoms with Gasteiger partial charge in [0.05, 0.1) is 18.5 Å². The van der Waals surface area contributed by atoms with E-state index in [9.17, 15) is 32.5 Å². The van der Waals surface area contributed by atoms with Gasteiger partial charge >= 0.3 is 16.3 Å². The Morgan fingerprint density at radius 2 is 2.12 bits per heavy atom. The molecule has 0 radical (unpaired) electrons. The summed E-state index contributed by atoms with van der Waals surface area (Å²) in [6, 6.07) is -1.12. The first-order valence-corrected chi connectivity index (χ1v) is 11.7. The molecule has 1 aliphatic carbocycles. The number of ketones is 1. The van der Waals surface area contributed by atoms with E-state index < -0.39 is 51.9 Å². The van der Waals surface area contributed by atoms with Crippen molar-refractivity contribution in [3.8, 4) is 0 Å². The van der Waals surface area contributed by atoms with Crippen LogP contribution in [0, 0.1) is 5.92 Å². The zero-order valence-electron chi connectivity index (χ0n) is 16.6. The number of carboxylic acid groups (broad SMARTS) is 1. The third-order valence-electron chi connectivity index (χ3n) is 5.23. The summed E-state index contributed by atoms with van der Waals surface area (Å²) in [4.78, 5) is 49.7. The number of nitrogen functional groups attached to an aromatic ring is 1. The highest BCUT2D eigenvalue weighted by molar-refractivity contribution is 7.84. The van der Waals surface area contributed by atoms with Gasteiger partial charge in [-0.1, -0.05) is 5.16 Å². The highest BCUT2D eigenvalue weighted by atomic mass is 32.2. The van der Waals surface area contributed by atoms with Crippen molar-refractivity contribution < 1.29 is 37.3 Å². The number of β-lactam (4-membered cyclic amide) rings is 1. The second kappa shape index (κ2) is 8.16. The maximum absolute atomic E-state index is 13.1. The molecule has 176 valence electrons. The molecule has 4 N–H and O–H groups in total. The van der Waals surface area contributed by atoms with Crippen LogP contribution in [0.1, 0.15) is 25.0 Å². The second-order valence-electron chi connectivity index (χ2n) is 7.43. The summed E-state index contributed by atoms with van der Waals surface area (Å²) in [5.74, 6) is -4.11. The average molecular weight is 499 g/mol. The fourth-order valence-corrected chi connectivity index (χ4v) is 4.79. The van der Waals surface area contributed by atoms with E-state index in [4.69, 9.17) is 10.6 Å². The topological polar surface area (TPSA) is 220 Å². The molecule has 33 heavy (non-hydrogen) atoms. The molecule has 17 heteroatoms.